The molecule has 1 N–H and O–H groups in total. The van der Waals surface area contributed by atoms with Gasteiger partial charge >= 0.3 is 6.18 Å². The minimum Gasteiger partial charge on any atom is -0.382 e. The van der Waals surface area contributed by atoms with E-state index < -0.39 is 23.5 Å². The largest absolute Gasteiger partial charge is 0.431 e. The van der Waals surface area contributed by atoms with Gasteiger partial charge in [-0.15, -0.1) is 0 Å². The number of nitrogens with one attached hydrogen (secondary N) is 1. The third-order valence-corrected chi connectivity index (χ3v) is 4.66. The highest BCUT2D eigenvalue weighted by Gasteiger charge is 2.38. The third kappa shape index (κ3) is 3.43. The van der Waals surface area contributed by atoms with Crippen molar-refractivity contribution in [2.75, 3.05) is 5.32 Å². The second kappa shape index (κ2) is 6.58. The van der Waals surface area contributed by atoms with Gasteiger partial charge in [-0.2, -0.15) is 13.2 Å². The number of benzene rings is 1. The summed E-state index contributed by atoms with van der Waals surface area (Å²) in [7, 11) is 0. The number of aryl methyl sites for hydroxylation is 1. The van der Waals surface area contributed by atoms with E-state index in [1.54, 1.807) is 0 Å². The maximum absolute atomic E-state index is 13.5. The molecule has 0 spiro atoms. The van der Waals surface area contributed by atoms with Crippen molar-refractivity contribution >= 4 is 5.69 Å². The Labute approximate surface area is 144 Å². The van der Waals surface area contributed by atoms with Gasteiger partial charge in [0.2, 0.25) is 0 Å². The predicted octanol–water partition coefficient (Wildman–Crippen LogP) is 4.75. The average molecular weight is 350 g/mol. The first-order chi connectivity index (χ1) is 11.8. The zero-order chi connectivity index (χ0) is 18.2. The molecule has 134 valence electrons. The number of fused-ring (bicyclic) bond motifs is 1. The molecule has 0 fully saturated rings. The lowest BCUT2D eigenvalue weighted by Crippen LogP contribution is -2.37. The van der Waals surface area contributed by atoms with Crippen molar-refractivity contribution in [3.63, 3.8) is 0 Å². The molecule has 25 heavy (non-hydrogen) atoms. The van der Waals surface area contributed by atoms with Crippen LogP contribution in [0.2, 0.25) is 0 Å². The molecule has 0 unspecified atom stereocenters. The SMILES string of the molecule is CCC[C@H]1C[C@@H](n2c(C(F)(F)F)cccc2=O)c2cc(C)ccc2N1. The van der Waals surface area contributed by atoms with E-state index in [0.717, 1.165) is 40.3 Å². The molecule has 0 saturated carbocycles. The van der Waals surface area contributed by atoms with E-state index in [0.29, 0.717) is 6.42 Å². The van der Waals surface area contributed by atoms with Gasteiger partial charge < -0.3 is 5.32 Å². The van der Waals surface area contributed by atoms with Crippen LogP contribution in [0.1, 0.15) is 49.0 Å². The number of anilines is 1. The zero-order valence-corrected chi connectivity index (χ0v) is 14.2. The Morgan fingerprint density at radius 3 is 2.68 bits per heavy atom. The lowest BCUT2D eigenvalue weighted by atomic mass is 9.89. The van der Waals surface area contributed by atoms with Crippen molar-refractivity contribution in [2.24, 2.45) is 0 Å². The molecular weight excluding hydrogens is 329 g/mol. The van der Waals surface area contributed by atoms with Crippen LogP contribution in [0.5, 0.6) is 0 Å². The number of nitrogens with zero attached hydrogens (tertiary/aromatic N) is 1. The quantitative estimate of drug-likeness (QED) is 0.867. The second-order valence-corrected chi connectivity index (χ2v) is 6.59. The number of halogens is 3. The fraction of sp³-hybridized carbons (Fsp3) is 0.421. The van der Waals surface area contributed by atoms with Gasteiger partial charge in [0.05, 0.1) is 6.04 Å². The Morgan fingerprint density at radius 1 is 1.24 bits per heavy atom. The van der Waals surface area contributed by atoms with Gasteiger partial charge in [-0.05, 0) is 37.5 Å². The molecule has 1 aliphatic heterocycles. The highest BCUT2D eigenvalue weighted by Crippen LogP contribution is 2.39. The van der Waals surface area contributed by atoms with Crippen molar-refractivity contribution in [2.45, 2.75) is 51.4 Å². The number of pyridine rings is 1. The highest BCUT2D eigenvalue weighted by atomic mass is 19.4. The maximum atomic E-state index is 13.5. The zero-order valence-electron chi connectivity index (χ0n) is 14.2. The summed E-state index contributed by atoms with van der Waals surface area (Å²) in [5.74, 6) is 0. The minimum atomic E-state index is -4.57. The minimum absolute atomic E-state index is 0.0402. The Hall–Kier alpha value is -2.24. The summed E-state index contributed by atoms with van der Waals surface area (Å²) in [4.78, 5) is 12.4. The highest BCUT2D eigenvalue weighted by molar-refractivity contribution is 5.57. The lowest BCUT2D eigenvalue weighted by molar-refractivity contribution is -0.144. The molecule has 3 nitrogen and oxygen atoms in total. The smallest absolute Gasteiger partial charge is 0.382 e. The molecule has 3 rings (SSSR count). The van der Waals surface area contributed by atoms with Crippen molar-refractivity contribution in [3.05, 3.63) is 63.6 Å². The topological polar surface area (TPSA) is 34.0 Å². The first-order valence-electron chi connectivity index (χ1n) is 8.47. The van der Waals surface area contributed by atoms with E-state index in [-0.39, 0.29) is 6.04 Å². The van der Waals surface area contributed by atoms with Gasteiger partial charge in [0.15, 0.2) is 0 Å². The van der Waals surface area contributed by atoms with E-state index in [1.807, 2.05) is 32.0 Å². The van der Waals surface area contributed by atoms with Crippen LogP contribution in [0.25, 0.3) is 0 Å². The molecule has 1 aliphatic rings. The van der Waals surface area contributed by atoms with E-state index >= 15 is 0 Å². The molecule has 2 aromatic rings. The number of alkyl halides is 3. The van der Waals surface area contributed by atoms with Crippen LogP contribution < -0.4 is 10.9 Å². The third-order valence-electron chi connectivity index (χ3n) is 4.66. The normalized spacial score (nSPS) is 20.0. The standard InChI is InChI=1S/C19H21F3N2O/c1-3-5-13-11-16(14-10-12(2)8-9-15(14)23-13)24-17(19(20,21)22)6-4-7-18(24)25/h4,6-10,13,16,23H,3,5,11H2,1-2H3/t13-,16+/m0/s1. The van der Waals surface area contributed by atoms with E-state index in [4.69, 9.17) is 0 Å². The molecule has 0 aliphatic carbocycles. The van der Waals surface area contributed by atoms with E-state index in [2.05, 4.69) is 5.32 Å². The number of hydrogen-bond acceptors (Lipinski definition) is 2. The number of hydrogen-bond donors (Lipinski definition) is 1. The van der Waals surface area contributed by atoms with Crippen LogP contribution in [0.4, 0.5) is 18.9 Å². The molecule has 0 saturated heterocycles. The molecule has 2 heterocycles. The van der Waals surface area contributed by atoms with Crippen molar-refractivity contribution in [1.29, 1.82) is 0 Å². The summed E-state index contributed by atoms with van der Waals surface area (Å²) in [5, 5.41) is 3.41. The Bertz CT molecular complexity index is 826. The van der Waals surface area contributed by atoms with Gasteiger partial charge in [-0.1, -0.05) is 37.1 Å². The lowest BCUT2D eigenvalue weighted by Gasteiger charge is -2.35. The fourth-order valence-electron chi connectivity index (χ4n) is 3.60. The molecular formula is C19H21F3N2O. The summed E-state index contributed by atoms with van der Waals surface area (Å²) in [5.41, 5.74) is 0.992. The molecule has 1 aromatic carbocycles. The Kier molecular flexibility index (Phi) is 4.62. The fourth-order valence-corrected chi connectivity index (χ4v) is 3.60. The maximum Gasteiger partial charge on any atom is 0.431 e. The van der Waals surface area contributed by atoms with E-state index in [9.17, 15) is 18.0 Å². The van der Waals surface area contributed by atoms with Crippen molar-refractivity contribution in [3.8, 4) is 0 Å². The van der Waals surface area contributed by atoms with Crippen LogP contribution in [-0.4, -0.2) is 10.6 Å². The second-order valence-electron chi connectivity index (χ2n) is 6.59. The summed E-state index contributed by atoms with van der Waals surface area (Å²) in [6.07, 6.45) is -2.36. The molecule has 0 radical (unpaired) electrons. The summed E-state index contributed by atoms with van der Waals surface area (Å²) in [6, 6.07) is 8.44. The van der Waals surface area contributed by atoms with Gasteiger partial charge in [0.1, 0.15) is 5.69 Å². The first kappa shape index (κ1) is 17.6. The predicted molar refractivity (Wildman–Crippen MR) is 92.0 cm³/mol. The average Bonchev–Trinajstić information content (AvgIpc) is 2.54. The molecule has 6 heteroatoms. The van der Waals surface area contributed by atoms with Crippen LogP contribution in [0.3, 0.4) is 0 Å². The van der Waals surface area contributed by atoms with Crippen LogP contribution in [0, 0.1) is 6.92 Å². The van der Waals surface area contributed by atoms with Gasteiger partial charge in [-0.3, -0.25) is 9.36 Å². The van der Waals surface area contributed by atoms with Crippen LogP contribution in [0.15, 0.2) is 41.2 Å². The van der Waals surface area contributed by atoms with Crippen molar-refractivity contribution < 1.29 is 13.2 Å². The number of aromatic nitrogens is 1. The Balaban J connectivity index is 2.20. The van der Waals surface area contributed by atoms with E-state index in [1.165, 1.54) is 12.1 Å². The summed E-state index contributed by atoms with van der Waals surface area (Å²) < 4.78 is 41.4. The van der Waals surface area contributed by atoms with Gasteiger partial charge in [0.25, 0.3) is 5.56 Å². The molecule has 0 bridgehead atoms. The van der Waals surface area contributed by atoms with Crippen LogP contribution in [-0.2, 0) is 6.18 Å². The van der Waals surface area contributed by atoms with Crippen LogP contribution >= 0.6 is 0 Å². The first-order valence-corrected chi connectivity index (χ1v) is 8.47. The molecule has 1 aromatic heterocycles. The molecule has 0 amide bonds. The van der Waals surface area contributed by atoms with Gasteiger partial charge in [0, 0.05) is 17.8 Å². The van der Waals surface area contributed by atoms with Gasteiger partial charge in [-0.25, -0.2) is 0 Å². The summed E-state index contributed by atoms with van der Waals surface area (Å²) >= 11 is 0. The monoisotopic (exact) mass is 350 g/mol. The summed E-state index contributed by atoms with van der Waals surface area (Å²) in [6.45, 7) is 3.94. The molecule has 2 atom stereocenters. The van der Waals surface area contributed by atoms with Crippen molar-refractivity contribution in [1.82, 2.24) is 4.57 Å². The Morgan fingerprint density at radius 2 is 2.00 bits per heavy atom. The number of rotatable bonds is 3.